The Morgan fingerprint density at radius 2 is 2.00 bits per heavy atom. The van der Waals surface area contributed by atoms with Crippen molar-refractivity contribution >= 4 is 29.2 Å². The van der Waals surface area contributed by atoms with Crippen LogP contribution in [-0.4, -0.2) is 12.0 Å². The molecule has 16 heavy (non-hydrogen) atoms. The molecular formula is C11H13Cl2NO2. The molecule has 0 amide bonds. The van der Waals surface area contributed by atoms with E-state index in [0.29, 0.717) is 5.02 Å². The summed E-state index contributed by atoms with van der Waals surface area (Å²) in [7, 11) is 0. The lowest BCUT2D eigenvalue weighted by atomic mass is 10.1. The fourth-order valence-electron chi connectivity index (χ4n) is 1.01. The van der Waals surface area contributed by atoms with Gasteiger partial charge in [-0.3, -0.25) is 0 Å². The molecule has 0 aromatic heterocycles. The van der Waals surface area contributed by atoms with Gasteiger partial charge in [-0.2, -0.15) is 0 Å². The number of benzene rings is 1. The monoisotopic (exact) mass is 261 g/mol. The first-order chi connectivity index (χ1) is 7.41. The summed E-state index contributed by atoms with van der Waals surface area (Å²) in [6, 6.07) is 3.98. The summed E-state index contributed by atoms with van der Waals surface area (Å²) in [4.78, 5) is 11.6. The standard InChI is InChI=1S/C11H13Cl2NO2/c1-6(2)10(14)11(15)16-9-4-3-7(12)5-8(9)13/h3-6,10H,14H2,1-2H3. The molecule has 1 atom stereocenters. The zero-order chi connectivity index (χ0) is 12.3. The number of ether oxygens (including phenoxy) is 1. The number of carbonyl (C=O) groups excluding carboxylic acids is 1. The van der Waals surface area contributed by atoms with Gasteiger partial charge in [0.05, 0.1) is 5.02 Å². The Morgan fingerprint density at radius 3 is 2.50 bits per heavy atom. The summed E-state index contributed by atoms with van der Waals surface area (Å²) in [5.74, 6) is -0.218. The van der Waals surface area contributed by atoms with E-state index < -0.39 is 12.0 Å². The van der Waals surface area contributed by atoms with Crippen molar-refractivity contribution in [2.45, 2.75) is 19.9 Å². The fourth-order valence-corrected chi connectivity index (χ4v) is 1.45. The first kappa shape index (κ1) is 13.3. The average Bonchev–Trinajstić information content (AvgIpc) is 2.20. The minimum absolute atomic E-state index is 0.0126. The number of esters is 1. The predicted molar refractivity (Wildman–Crippen MR) is 64.9 cm³/mol. The van der Waals surface area contributed by atoms with Gasteiger partial charge in [-0.05, 0) is 24.1 Å². The van der Waals surface area contributed by atoms with Crippen LogP contribution in [0.1, 0.15) is 13.8 Å². The van der Waals surface area contributed by atoms with E-state index in [0.717, 1.165) is 0 Å². The highest BCUT2D eigenvalue weighted by Gasteiger charge is 2.20. The molecule has 2 N–H and O–H groups in total. The molecule has 0 saturated carbocycles. The number of rotatable bonds is 3. The smallest absolute Gasteiger partial charge is 0.328 e. The quantitative estimate of drug-likeness (QED) is 0.673. The summed E-state index contributed by atoms with van der Waals surface area (Å²) >= 11 is 11.6. The maximum absolute atomic E-state index is 11.6. The van der Waals surface area contributed by atoms with Crippen molar-refractivity contribution in [3.05, 3.63) is 28.2 Å². The summed E-state index contributed by atoms with van der Waals surface area (Å²) in [5, 5.41) is 0.773. The zero-order valence-corrected chi connectivity index (χ0v) is 10.5. The number of carbonyl (C=O) groups is 1. The molecule has 0 heterocycles. The molecule has 1 unspecified atom stereocenters. The van der Waals surface area contributed by atoms with E-state index in [1.54, 1.807) is 6.07 Å². The zero-order valence-electron chi connectivity index (χ0n) is 9.04. The van der Waals surface area contributed by atoms with Crippen LogP contribution >= 0.6 is 23.2 Å². The van der Waals surface area contributed by atoms with Crippen LogP contribution in [0, 0.1) is 5.92 Å². The van der Waals surface area contributed by atoms with Crippen LogP contribution in [0.5, 0.6) is 5.75 Å². The molecule has 0 spiro atoms. The normalized spacial score (nSPS) is 12.6. The summed E-state index contributed by atoms with van der Waals surface area (Å²) < 4.78 is 5.07. The average molecular weight is 262 g/mol. The Kier molecular flexibility index (Phi) is 4.59. The lowest BCUT2D eigenvalue weighted by Gasteiger charge is -2.14. The Bertz CT molecular complexity index is 394. The van der Waals surface area contributed by atoms with Crippen LogP contribution in [0.3, 0.4) is 0 Å². The van der Waals surface area contributed by atoms with E-state index in [4.69, 9.17) is 33.7 Å². The van der Waals surface area contributed by atoms with Crippen LogP contribution in [-0.2, 0) is 4.79 Å². The molecule has 0 saturated heterocycles. The van der Waals surface area contributed by atoms with Gasteiger partial charge in [0.2, 0.25) is 0 Å². The van der Waals surface area contributed by atoms with Crippen molar-refractivity contribution in [1.29, 1.82) is 0 Å². The molecule has 0 fully saturated rings. The third-order valence-corrected chi connectivity index (χ3v) is 2.63. The lowest BCUT2D eigenvalue weighted by Crippen LogP contribution is -2.38. The van der Waals surface area contributed by atoms with Crippen LogP contribution < -0.4 is 10.5 Å². The first-order valence-electron chi connectivity index (χ1n) is 4.84. The molecule has 0 aliphatic rings. The SMILES string of the molecule is CC(C)C(N)C(=O)Oc1ccc(Cl)cc1Cl. The van der Waals surface area contributed by atoms with Gasteiger partial charge in [-0.15, -0.1) is 0 Å². The minimum atomic E-state index is -0.660. The highest BCUT2D eigenvalue weighted by atomic mass is 35.5. The highest BCUT2D eigenvalue weighted by molar-refractivity contribution is 6.35. The van der Waals surface area contributed by atoms with Gasteiger partial charge in [-0.1, -0.05) is 37.0 Å². The van der Waals surface area contributed by atoms with Gasteiger partial charge in [0.1, 0.15) is 11.8 Å². The van der Waals surface area contributed by atoms with Crippen molar-refractivity contribution in [3.8, 4) is 5.75 Å². The fraction of sp³-hybridized carbons (Fsp3) is 0.364. The van der Waals surface area contributed by atoms with Gasteiger partial charge in [0.25, 0.3) is 0 Å². The Morgan fingerprint density at radius 1 is 1.38 bits per heavy atom. The van der Waals surface area contributed by atoms with Crippen molar-refractivity contribution in [3.63, 3.8) is 0 Å². The molecule has 0 radical (unpaired) electrons. The van der Waals surface area contributed by atoms with Gasteiger partial charge < -0.3 is 10.5 Å². The second kappa shape index (κ2) is 5.53. The molecule has 1 rings (SSSR count). The van der Waals surface area contributed by atoms with Crippen molar-refractivity contribution in [2.24, 2.45) is 11.7 Å². The molecule has 3 nitrogen and oxygen atoms in total. The number of hydrogen-bond donors (Lipinski definition) is 1. The summed E-state index contributed by atoms with van der Waals surface area (Å²) in [6.45, 7) is 3.69. The molecule has 5 heteroatoms. The third kappa shape index (κ3) is 3.37. The molecule has 0 bridgehead atoms. The number of hydrogen-bond acceptors (Lipinski definition) is 3. The second-order valence-corrected chi connectivity index (χ2v) is 4.61. The number of halogens is 2. The van der Waals surface area contributed by atoms with Crippen LogP contribution in [0.4, 0.5) is 0 Å². The van der Waals surface area contributed by atoms with Gasteiger partial charge in [0, 0.05) is 5.02 Å². The van der Waals surface area contributed by atoms with Crippen molar-refractivity contribution < 1.29 is 9.53 Å². The van der Waals surface area contributed by atoms with Crippen molar-refractivity contribution in [2.75, 3.05) is 0 Å². The molecule has 0 aliphatic carbocycles. The van der Waals surface area contributed by atoms with E-state index in [1.807, 2.05) is 13.8 Å². The summed E-state index contributed by atoms with van der Waals surface area (Å²) in [5.41, 5.74) is 5.64. The minimum Gasteiger partial charge on any atom is -0.424 e. The molecule has 1 aromatic carbocycles. The summed E-state index contributed by atoms with van der Waals surface area (Å²) in [6.07, 6.45) is 0. The van der Waals surface area contributed by atoms with E-state index in [-0.39, 0.29) is 16.7 Å². The van der Waals surface area contributed by atoms with Gasteiger partial charge in [0.15, 0.2) is 0 Å². The van der Waals surface area contributed by atoms with E-state index in [9.17, 15) is 4.79 Å². The van der Waals surface area contributed by atoms with Crippen molar-refractivity contribution in [1.82, 2.24) is 0 Å². The Labute approximate surface area is 104 Å². The van der Waals surface area contributed by atoms with Crippen LogP contribution in [0.25, 0.3) is 0 Å². The molecule has 0 aliphatic heterocycles. The first-order valence-corrected chi connectivity index (χ1v) is 5.59. The Balaban J connectivity index is 2.77. The maximum atomic E-state index is 11.6. The Hall–Kier alpha value is -0.770. The van der Waals surface area contributed by atoms with Crippen LogP contribution in [0.2, 0.25) is 10.0 Å². The second-order valence-electron chi connectivity index (χ2n) is 3.77. The number of nitrogens with two attached hydrogens (primary N) is 1. The predicted octanol–water partition coefficient (Wildman–Crippen LogP) is 2.88. The highest BCUT2D eigenvalue weighted by Crippen LogP contribution is 2.27. The van der Waals surface area contributed by atoms with E-state index in [2.05, 4.69) is 0 Å². The van der Waals surface area contributed by atoms with Crippen LogP contribution in [0.15, 0.2) is 18.2 Å². The third-order valence-electron chi connectivity index (χ3n) is 2.09. The lowest BCUT2D eigenvalue weighted by molar-refractivity contribution is -0.136. The maximum Gasteiger partial charge on any atom is 0.328 e. The van der Waals surface area contributed by atoms with E-state index >= 15 is 0 Å². The molecular weight excluding hydrogens is 249 g/mol. The van der Waals surface area contributed by atoms with E-state index in [1.165, 1.54) is 12.1 Å². The molecule has 88 valence electrons. The van der Waals surface area contributed by atoms with Gasteiger partial charge >= 0.3 is 5.97 Å². The van der Waals surface area contributed by atoms with Gasteiger partial charge in [-0.25, -0.2) is 4.79 Å². The largest absolute Gasteiger partial charge is 0.424 e. The topological polar surface area (TPSA) is 52.3 Å². The molecule has 1 aromatic rings.